The second-order valence-electron chi connectivity index (χ2n) is 8.93. The molecule has 0 saturated carbocycles. The largest absolute Gasteiger partial charge is 0.393 e. The van der Waals surface area contributed by atoms with Crippen molar-refractivity contribution in [2.45, 2.75) is 30.5 Å². The average molecular weight is 438 g/mol. The summed E-state index contributed by atoms with van der Waals surface area (Å²) >= 11 is 0. The van der Waals surface area contributed by atoms with Gasteiger partial charge in [0.15, 0.2) is 0 Å². The van der Waals surface area contributed by atoms with Gasteiger partial charge in [0.1, 0.15) is 12.2 Å². The number of carbonyl (C=O) groups excluding carboxylic acids is 1. The van der Waals surface area contributed by atoms with E-state index >= 15 is 0 Å². The molecule has 3 atom stereocenters. The van der Waals surface area contributed by atoms with Gasteiger partial charge in [0, 0.05) is 32.2 Å². The van der Waals surface area contributed by atoms with Crippen LogP contribution >= 0.6 is 0 Å². The summed E-state index contributed by atoms with van der Waals surface area (Å²) in [5.74, 6) is 0. The molecule has 5 nitrogen and oxygen atoms in total. The normalized spacial score (nSPS) is 26.1. The molecule has 4 rings (SSSR count). The number of piperidine rings is 1. The Labute approximate surface area is 189 Å². The van der Waals surface area contributed by atoms with Gasteiger partial charge in [0.05, 0.1) is 6.61 Å². The Kier molecular flexibility index (Phi) is 6.63. The van der Waals surface area contributed by atoms with Crippen molar-refractivity contribution in [3.63, 3.8) is 0 Å². The van der Waals surface area contributed by atoms with Crippen LogP contribution in [0.3, 0.4) is 0 Å². The second-order valence-corrected chi connectivity index (χ2v) is 8.93. The van der Waals surface area contributed by atoms with Crippen molar-refractivity contribution in [1.29, 1.82) is 0 Å². The molecule has 6 heteroatoms. The van der Waals surface area contributed by atoms with Gasteiger partial charge < -0.3 is 19.8 Å². The van der Waals surface area contributed by atoms with E-state index in [0.29, 0.717) is 13.0 Å². The zero-order chi connectivity index (χ0) is 22.7. The minimum absolute atomic E-state index is 0.0348. The number of hydrogen-bond donors (Lipinski definition) is 1. The van der Waals surface area contributed by atoms with Gasteiger partial charge in [-0.05, 0) is 42.7 Å². The van der Waals surface area contributed by atoms with Crippen LogP contribution in [0.4, 0.5) is 9.18 Å². The van der Waals surface area contributed by atoms with E-state index in [4.69, 9.17) is 0 Å². The zero-order valence-electron chi connectivity index (χ0n) is 18.8. The van der Waals surface area contributed by atoms with Crippen molar-refractivity contribution in [1.82, 2.24) is 14.7 Å². The van der Waals surface area contributed by atoms with Crippen molar-refractivity contribution in [2.75, 3.05) is 40.5 Å². The number of benzene rings is 2. The Morgan fingerprint density at radius 3 is 2.44 bits per heavy atom. The van der Waals surface area contributed by atoms with Gasteiger partial charge in [-0.15, -0.1) is 0 Å². The molecular weight excluding hydrogens is 405 g/mol. The monoisotopic (exact) mass is 437 g/mol. The number of aliphatic hydroxyl groups is 1. The second kappa shape index (κ2) is 9.43. The lowest BCUT2D eigenvalue weighted by Gasteiger charge is -2.44. The Bertz CT molecular complexity index is 952. The molecule has 1 fully saturated rings. The van der Waals surface area contributed by atoms with Crippen LogP contribution in [0.5, 0.6) is 0 Å². The molecule has 2 aromatic rings. The molecule has 32 heavy (non-hydrogen) atoms. The molecule has 2 unspecified atom stereocenters. The highest BCUT2D eigenvalue weighted by Crippen LogP contribution is 2.41. The third-order valence-electron chi connectivity index (χ3n) is 7.12. The molecule has 0 bridgehead atoms. The summed E-state index contributed by atoms with van der Waals surface area (Å²) in [6.45, 7) is 0.534. The van der Waals surface area contributed by atoms with Gasteiger partial charge in [0.2, 0.25) is 0 Å². The van der Waals surface area contributed by atoms with E-state index in [1.165, 1.54) is 0 Å². The van der Waals surface area contributed by atoms with Crippen LogP contribution < -0.4 is 0 Å². The lowest BCUT2D eigenvalue weighted by Crippen LogP contribution is -2.56. The smallest absolute Gasteiger partial charge is 0.321 e. The lowest BCUT2D eigenvalue weighted by molar-refractivity contribution is 0.0562. The van der Waals surface area contributed by atoms with Gasteiger partial charge in [-0.1, -0.05) is 60.7 Å². The highest BCUT2D eigenvalue weighted by molar-refractivity contribution is 5.83. The fraction of sp³-hybridized carbons (Fsp3) is 0.423. The first-order chi connectivity index (χ1) is 15.5. The first kappa shape index (κ1) is 22.5. The number of hydrogen-bond acceptors (Lipinski definition) is 3. The molecule has 0 aromatic heterocycles. The maximum absolute atomic E-state index is 13.8. The number of carbonyl (C=O) groups is 1. The maximum atomic E-state index is 13.8. The van der Waals surface area contributed by atoms with Crippen molar-refractivity contribution in [3.05, 3.63) is 77.9 Å². The molecule has 2 aliphatic rings. The van der Waals surface area contributed by atoms with Crippen molar-refractivity contribution < 1.29 is 14.3 Å². The molecule has 2 aromatic carbocycles. The molecule has 1 saturated heterocycles. The first-order valence-electron chi connectivity index (χ1n) is 11.2. The van der Waals surface area contributed by atoms with E-state index in [0.717, 1.165) is 29.7 Å². The Morgan fingerprint density at radius 1 is 1.16 bits per heavy atom. The van der Waals surface area contributed by atoms with Crippen molar-refractivity contribution in [3.8, 4) is 0 Å². The van der Waals surface area contributed by atoms with E-state index in [9.17, 15) is 14.3 Å². The van der Waals surface area contributed by atoms with Crippen LogP contribution in [0.25, 0.3) is 5.57 Å². The third-order valence-corrected chi connectivity index (χ3v) is 7.12. The van der Waals surface area contributed by atoms with E-state index < -0.39 is 12.2 Å². The quantitative estimate of drug-likeness (QED) is 0.775. The van der Waals surface area contributed by atoms with Crippen LogP contribution in [-0.4, -0.2) is 78.4 Å². The Morgan fingerprint density at radius 2 is 1.81 bits per heavy atom. The molecule has 0 radical (unpaired) electrons. The van der Waals surface area contributed by atoms with Gasteiger partial charge in [-0.3, -0.25) is 0 Å². The Balaban J connectivity index is 1.67. The number of halogens is 1. The van der Waals surface area contributed by atoms with E-state index in [2.05, 4.69) is 0 Å². The summed E-state index contributed by atoms with van der Waals surface area (Å²) in [5.41, 5.74) is 1.98. The number of aliphatic hydroxyl groups excluding tert-OH is 1. The lowest BCUT2D eigenvalue weighted by atomic mass is 9.89. The van der Waals surface area contributed by atoms with Gasteiger partial charge in [0.25, 0.3) is 0 Å². The summed E-state index contributed by atoms with van der Waals surface area (Å²) in [4.78, 5) is 19.4. The predicted octanol–water partition coefficient (Wildman–Crippen LogP) is 3.76. The summed E-state index contributed by atoms with van der Waals surface area (Å²) < 4.78 is 13.5. The molecule has 2 amide bonds. The summed E-state index contributed by atoms with van der Waals surface area (Å²) in [7, 11) is 3.74. The van der Waals surface area contributed by atoms with Crippen molar-refractivity contribution >= 4 is 11.6 Å². The number of rotatable bonds is 5. The molecule has 0 spiro atoms. The molecule has 2 aliphatic heterocycles. The van der Waals surface area contributed by atoms with Crippen LogP contribution in [0.1, 0.15) is 24.0 Å². The third kappa shape index (κ3) is 4.05. The van der Waals surface area contributed by atoms with Crippen LogP contribution in [0.2, 0.25) is 0 Å². The number of nitrogens with zero attached hydrogens (tertiary/aromatic N) is 3. The Hall–Kier alpha value is -2.70. The fourth-order valence-corrected chi connectivity index (χ4v) is 5.00. The number of urea groups is 1. The van der Waals surface area contributed by atoms with Gasteiger partial charge in [-0.25, -0.2) is 9.18 Å². The first-order valence-corrected chi connectivity index (χ1v) is 11.2. The maximum Gasteiger partial charge on any atom is 0.321 e. The van der Waals surface area contributed by atoms with E-state index in [-0.39, 0.29) is 24.7 Å². The number of alkyl halides is 1. The number of likely N-dealkylation sites (tertiary alicyclic amines) is 1. The SMILES string of the molecule is CN1CCC(N(C)C(=O)N2CC(c3ccccc3)=C[C@@]2(CO)c2ccccc2)CC1CF. The van der Waals surface area contributed by atoms with E-state index in [1.54, 1.807) is 16.8 Å². The summed E-state index contributed by atoms with van der Waals surface area (Å²) in [6.07, 6.45) is 3.45. The highest BCUT2D eigenvalue weighted by Gasteiger charge is 2.46. The average Bonchev–Trinajstić information content (AvgIpc) is 3.25. The molecule has 0 aliphatic carbocycles. The molecule has 170 valence electrons. The minimum atomic E-state index is -0.942. The predicted molar refractivity (Wildman–Crippen MR) is 125 cm³/mol. The van der Waals surface area contributed by atoms with Crippen molar-refractivity contribution in [2.24, 2.45) is 0 Å². The molecular formula is C26H32FN3O2. The van der Waals surface area contributed by atoms with Crippen LogP contribution in [-0.2, 0) is 5.54 Å². The summed E-state index contributed by atoms with van der Waals surface area (Å²) in [6, 6.07) is 19.3. The van der Waals surface area contributed by atoms with Crippen LogP contribution in [0, 0.1) is 0 Å². The number of amides is 2. The molecule has 2 heterocycles. The fourth-order valence-electron chi connectivity index (χ4n) is 5.00. The summed E-state index contributed by atoms with van der Waals surface area (Å²) in [5, 5.41) is 10.6. The van der Waals surface area contributed by atoms with Gasteiger partial charge in [-0.2, -0.15) is 0 Å². The van der Waals surface area contributed by atoms with Crippen LogP contribution in [0.15, 0.2) is 66.7 Å². The highest BCUT2D eigenvalue weighted by atomic mass is 19.1. The van der Waals surface area contributed by atoms with E-state index in [1.807, 2.05) is 78.7 Å². The standard InChI is InChI=1S/C26H32FN3O2/c1-28-14-13-23(15-24(28)17-27)29(2)25(32)30-18-21(20-9-5-3-6-10-20)16-26(30,19-31)22-11-7-4-8-12-22/h3-12,16,23-24,31H,13-15,17-19H2,1-2H3/t23?,24?,26-/m1/s1. The van der Waals surface area contributed by atoms with Gasteiger partial charge >= 0.3 is 6.03 Å². The molecule has 1 N–H and O–H groups in total. The topological polar surface area (TPSA) is 47.0 Å². The zero-order valence-corrected chi connectivity index (χ0v) is 18.8. The minimum Gasteiger partial charge on any atom is -0.393 e.